The van der Waals surface area contributed by atoms with E-state index in [0.717, 1.165) is 19.3 Å². The topological polar surface area (TPSA) is 78.5 Å². The van der Waals surface area contributed by atoms with Gasteiger partial charge in [-0.25, -0.2) is 13.1 Å². The second-order valence-electron chi connectivity index (χ2n) is 3.22. The number of piperazine rings is 1. The van der Waals surface area contributed by atoms with Crippen molar-refractivity contribution >= 4 is 15.9 Å². The van der Waals surface area contributed by atoms with Crippen LogP contribution in [-0.4, -0.2) is 58.2 Å². The molecule has 1 rings (SSSR count). The Morgan fingerprint density at radius 2 is 2.00 bits per heavy atom. The molecule has 0 unspecified atom stereocenters. The highest BCUT2D eigenvalue weighted by Gasteiger charge is 2.16. The van der Waals surface area contributed by atoms with Gasteiger partial charge in [0.15, 0.2) is 0 Å². The lowest BCUT2D eigenvalue weighted by molar-refractivity contribution is -0.130. The Hall–Kier alpha value is -0.660. The van der Waals surface area contributed by atoms with Gasteiger partial charge in [0.05, 0.1) is 12.8 Å². The molecule has 2 N–H and O–H groups in total. The van der Waals surface area contributed by atoms with E-state index in [1.54, 1.807) is 4.90 Å². The van der Waals surface area contributed by atoms with Crippen molar-refractivity contribution in [1.29, 1.82) is 0 Å². The highest BCUT2D eigenvalue weighted by atomic mass is 32.2. The third-order valence-corrected chi connectivity index (χ3v) is 2.62. The Morgan fingerprint density at radius 3 is 2.50 bits per heavy atom. The molecule has 0 atom stereocenters. The average molecular weight is 221 g/mol. The molecule has 0 saturated carbocycles. The number of carbonyl (C=O) groups is 1. The molecule has 1 aliphatic heterocycles. The third-order valence-electron chi connectivity index (χ3n) is 1.96. The minimum atomic E-state index is -3.27. The monoisotopic (exact) mass is 221 g/mol. The van der Waals surface area contributed by atoms with Crippen molar-refractivity contribution in [3.8, 4) is 0 Å². The van der Waals surface area contributed by atoms with Gasteiger partial charge < -0.3 is 10.2 Å². The van der Waals surface area contributed by atoms with Crippen LogP contribution in [0.5, 0.6) is 0 Å². The first-order valence-corrected chi connectivity index (χ1v) is 6.31. The summed E-state index contributed by atoms with van der Waals surface area (Å²) in [6, 6.07) is 0. The fraction of sp³-hybridized carbons (Fsp3) is 0.857. The maximum absolute atomic E-state index is 11.4. The molecule has 7 heteroatoms. The number of rotatable bonds is 3. The molecule has 0 aromatic heterocycles. The maximum Gasteiger partial charge on any atom is 0.237 e. The lowest BCUT2D eigenvalue weighted by Gasteiger charge is -2.27. The maximum atomic E-state index is 11.4. The summed E-state index contributed by atoms with van der Waals surface area (Å²) in [7, 11) is -3.27. The first kappa shape index (κ1) is 11.4. The number of nitrogens with one attached hydrogen (secondary N) is 2. The second-order valence-corrected chi connectivity index (χ2v) is 5.06. The zero-order valence-electron chi connectivity index (χ0n) is 8.12. The Bertz CT molecular complexity index is 295. The Balaban J connectivity index is 2.34. The van der Waals surface area contributed by atoms with Crippen LogP contribution in [0, 0.1) is 0 Å². The minimum absolute atomic E-state index is 0.140. The summed E-state index contributed by atoms with van der Waals surface area (Å²) in [5.74, 6) is -0.170. The Morgan fingerprint density at radius 1 is 1.43 bits per heavy atom. The SMILES string of the molecule is CS(=O)(=O)NCC(=O)N1CCNCC1. The summed E-state index contributed by atoms with van der Waals surface area (Å²) in [5, 5.41) is 3.11. The van der Waals surface area contributed by atoms with E-state index in [0.29, 0.717) is 13.1 Å². The largest absolute Gasteiger partial charge is 0.339 e. The Labute approximate surface area is 83.7 Å². The van der Waals surface area contributed by atoms with Crippen molar-refractivity contribution < 1.29 is 13.2 Å². The van der Waals surface area contributed by atoms with Crippen molar-refractivity contribution in [1.82, 2.24) is 14.9 Å². The molecule has 82 valence electrons. The van der Waals surface area contributed by atoms with Crippen LogP contribution in [0.25, 0.3) is 0 Å². The summed E-state index contributed by atoms with van der Waals surface area (Å²) in [6.07, 6.45) is 1.04. The van der Waals surface area contributed by atoms with Gasteiger partial charge >= 0.3 is 0 Å². The molecule has 0 aromatic carbocycles. The van der Waals surface area contributed by atoms with Gasteiger partial charge in [0.2, 0.25) is 15.9 Å². The molecular formula is C7H15N3O3S. The molecular weight excluding hydrogens is 206 g/mol. The van der Waals surface area contributed by atoms with Crippen molar-refractivity contribution in [3.05, 3.63) is 0 Å². The van der Waals surface area contributed by atoms with Crippen LogP contribution in [0.3, 0.4) is 0 Å². The van der Waals surface area contributed by atoms with E-state index in [2.05, 4.69) is 10.0 Å². The molecule has 0 radical (unpaired) electrons. The van der Waals surface area contributed by atoms with Crippen molar-refractivity contribution in [3.63, 3.8) is 0 Å². The standard InChI is InChI=1S/C7H15N3O3S/c1-14(12,13)9-6-7(11)10-4-2-8-3-5-10/h8-9H,2-6H2,1H3. The highest BCUT2D eigenvalue weighted by Crippen LogP contribution is 1.92. The second kappa shape index (κ2) is 4.72. The number of hydrogen-bond donors (Lipinski definition) is 2. The van der Waals surface area contributed by atoms with Crippen LogP contribution < -0.4 is 10.0 Å². The predicted octanol–water partition coefficient (Wildman–Crippen LogP) is -2.03. The lowest BCUT2D eigenvalue weighted by atomic mass is 10.3. The van der Waals surface area contributed by atoms with Crippen LogP contribution in [0.2, 0.25) is 0 Å². The van der Waals surface area contributed by atoms with Gasteiger partial charge in [-0.15, -0.1) is 0 Å². The molecule has 1 amide bonds. The lowest BCUT2D eigenvalue weighted by Crippen LogP contribution is -2.49. The quantitative estimate of drug-likeness (QED) is 0.576. The van der Waals surface area contributed by atoms with Gasteiger partial charge in [0.1, 0.15) is 0 Å². The average Bonchev–Trinajstić information content (AvgIpc) is 2.14. The van der Waals surface area contributed by atoms with E-state index in [-0.39, 0.29) is 12.5 Å². The van der Waals surface area contributed by atoms with Gasteiger partial charge in [-0.2, -0.15) is 0 Å². The van der Waals surface area contributed by atoms with E-state index >= 15 is 0 Å². The number of hydrogen-bond acceptors (Lipinski definition) is 4. The summed E-state index contributed by atoms with van der Waals surface area (Å²) in [6.45, 7) is 2.68. The van der Waals surface area contributed by atoms with Crippen LogP contribution in [0.4, 0.5) is 0 Å². The Kier molecular flexibility index (Phi) is 3.85. The third kappa shape index (κ3) is 4.03. The van der Waals surface area contributed by atoms with Crippen molar-refractivity contribution in [2.45, 2.75) is 0 Å². The van der Waals surface area contributed by atoms with E-state index in [1.165, 1.54) is 0 Å². The molecule has 6 nitrogen and oxygen atoms in total. The molecule has 14 heavy (non-hydrogen) atoms. The molecule has 0 aromatic rings. The van der Waals surface area contributed by atoms with Crippen molar-refractivity contribution in [2.75, 3.05) is 39.0 Å². The van der Waals surface area contributed by atoms with Crippen LogP contribution in [0.1, 0.15) is 0 Å². The summed E-state index contributed by atoms with van der Waals surface area (Å²) >= 11 is 0. The van der Waals surface area contributed by atoms with E-state index in [9.17, 15) is 13.2 Å². The normalized spacial score (nSPS) is 18.2. The zero-order valence-corrected chi connectivity index (χ0v) is 8.93. The number of sulfonamides is 1. The van der Waals surface area contributed by atoms with Gasteiger partial charge in [0, 0.05) is 26.2 Å². The molecule has 1 saturated heterocycles. The van der Waals surface area contributed by atoms with Gasteiger partial charge in [-0.05, 0) is 0 Å². The highest BCUT2D eigenvalue weighted by molar-refractivity contribution is 7.88. The minimum Gasteiger partial charge on any atom is -0.339 e. The predicted molar refractivity (Wildman–Crippen MR) is 52.3 cm³/mol. The summed E-state index contributed by atoms with van der Waals surface area (Å²) < 4.78 is 23.6. The van der Waals surface area contributed by atoms with Crippen LogP contribution in [-0.2, 0) is 14.8 Å². The van der Waals surface area contributed by atoms with Gasteiger partial charge in [-0.1, -0.05) is 0 Å². The van der Waals surface area contributed by atoms with E-state index < -0.39 is 10.0 Å². The molecule has 1 aliphatic rings. The molecule has 0 aliphatic carbocycles. The van der Waals surface area contributed by atoms with Crippen LogP contribution in [0.15, 0.2) is 0 Å². The number of amides is 1. The van der Waals surface area contributed by atoms with Crippen molar-refractivity contribution in [2.24, 2.45) is 0 Å². The fourth-order valence-electron chi connectivity index (χ4n) is 1.22. The zero-order chi connectivity index (χ0) is 10.6. The molecule has 0 bridgehead atoms. The van der Waals surface area contributed by atoms with E-state index in [4.69, 9.17) is 0 Å². The summed E-state index contributed by atoms with van der Waals surface area (Å²) in [5.41, 5.74) is 0. The molecule has 1 heterocycles. The van der Waals surface area contributed by atoms with E-state index in [1.807, 2.05) is 0 Å². The first-order valence-electron chi connectivity index (χ1n) is 4.42. The summed E-state index contributed by atoms with van der Waals surface area (Å²) in [4.78, 5) is 13.1. The first-order chi connectivity index (χ1) is 6.49. The fourth-order valence-corrected chi connectivity index (χ4v) is 1.60. The van der Waals surface area contributed by atoms with Gasteiger partial charge in [0.25, 0.3) is 0 Å². The molecule has 1 fully saturated rings. The number of carbonyl (C=O) groups excluding carboxylic acids is 1. The number of nitrogens with zero attached hydrogens (tertiary/aromatic N) is 1. The van der Waals surface area contributed by atoms with Crippen LogP contribution >= 0.6 is 0 Å². The smallest absolute Gasteiger partial charge is 0.237 e. The molecule has 0 spiro atoms. The van der Waals surface area contributed by atoms with Gasteiger partial charge in [-0.3, -0.25) is 4.79 Å².